The standard InChI is InChI=1S/C14H10BrClFNO/c1-7-5-8(2)13(18-6-7)14(19)9-3-4-10(15)11(16)12(9)17/h3-6H,1-2H3. The quantitative estimate of drug-likeness (QED) is 0.595. The van der Waals surface area contributed by atoms with Gasteiger partial charge in [0.1, 0.15) is 5.69 Å². The molecule has 98 valence electrons. The molecule has 0 saturated heterocycles. The van der Waals surface area contributed by atoms with Crippen LogP contribution in [0.2, 0.25) is 5.02 Å². The molecule has 0 unspecified atom stereocenters. The van der Waals surface area contributed by atoms with E-state index in [2.05, 4.69) is 20.9 Å². The second-order valence-electron chi connectivity index (χ2n) is 4.23. The zero-order chi connectivity index (χ0) is 14.2. The summed E-state index contributed by atoms with van der Waals surface area (Å²) in [5.41, 5.74) is 1.82. The summed E-state index contributed by atoms with van der Waals surface area (Å²) in [6.45, 7) is 3.65. The summed E-state index contributed by atoms with van der Waals surface area (Å²) in [4.78, 5) is 16.4. The smallest absolute Gasteiger partial charge is 0.214 e. The van der Waals surface area contributed by atoms with Gasteiger partial charge in [-0.05, 0) is 53.0 Å². The molecule has 0 aliphatic heterocycles. The van der Waals surface area contributed by atoms with Crippen LogP contribution in [0.15, 0.2) is 28.9 Å². The maximum atomic E-state index is 14.0. The number of ketones is 1. The molecule has 0 aliphatic rings. The maximum Gasteiger partial charge on any atom is 0.214 e. The molecule has 0 spiro atoms. The number of rotatable bonds is 2. The van der Waals surface area contributed by atoms with E-state index in [1.54, 1.807) is 19.2 Å². The van der Waals surface area contributed by atoms with Crippen molar-refractivity contribution in [2.75, 3.05) is 0 Å². The lowest BCUT2D eigenvalue weighted by Gasteiger charge is -2.07. The van der Waals surface area contributed by atoms with Crippen LogP contribution in [0.3, 0.4) is 0 Å². The van der Waals surface area contributed by atoms with Gasteiger partial charge in [-0.1, -0.05) is 17.7 Å². The molecule has 2 aromatic rings. The van der Waals surface area contributed by atoms with Crippen molar-refractivity contribution in [1.82, 2.24) is 4.98 Å². The van der Waals surface area contributed by atoms with Crippen molar-refractivity contribution in [3.8, 4) is 0 Å². The van der Waals surface area contributed by atoms with Crippen LogP contribution in [0.4, 0.5) is 4.39 Å². The number of hydrogen-bond donors (Lipinski definition) is 0. The van der Waals surface area contributed by atoms with Crippen molar-refractivity contribution in [3.63, 3.8) is 0 Å². The van der Waals surface area contributed by atoms with Gasteiger partial charge in [-0.15, -0.1) is 0 Å². The highest BCUT2D eigenvalue weighted by molar-refractivity contribution is 9.10. The fraction of sp³-hybridized carbons (Fsp3) is 0.143. The van der Waals surface area contributed by atoms with Crippen molar-refractivity contribution < 1.29 is 9.18 Å². The van der Waals surface area contributed by atoms with E-state index in [4.69, 9.17) is 11.6 Å². The zero-order valence-electron chi connectivity index (χ0n) is 10.3. The van der Waals surface area contributed by atoms with E-state index >= 15 is 0 Å². The summed E-state index contributed by atoms with van der Waals surface area (Å²) in [5.74, 6) is -1.20. The van der Waals surface area contributed by atoms with Crippen LogP contribution in [-0.4, -0.2) is 10.8 Å². The van der Waals surface area contributed by atoms with E-state index in [0.717, 1.165) is 5.56 Å². The second kappa shape index (κ2) is 5.39. The molecule has 19 heavy (non-hydrogen) atoms. The molecule has 0 amide bonds. The first kappa shape index (κ1) is 14.2. The van der Waals surface area contributed by atoms with E-state index in [1.807, 2.05) is 13.0 Å². The predicted molar refractivity (Wildman–Crippen MR) is 76.3 cm³/mol. The Morgan fingerprint density at radius 2 is 2.05 bits per heavy atom. The lowest BCUT2D eigenvalue weighted by atomic mass is 10.0. The van der Waals surface area contributed by atoms with Crippen LogP contribution in [0.25, 0.3) is 0 Å². The summed E-state index contributed by atoms with van der Waals surface area (Å²) in [5, 5.41) is -0.101. The number of nitrogens with zero attached hydrogens (tertiary/aromatic N) is 1. The van der Waals surface area contributed by atoms with Crippen molar-refractivity contribution >= 4 is 33.3 Å². The first-order chi connectivity index (χ1) is 8.91. The van der Waals surface area contributed by atoms with Gasteiger partial charge >= 0.3 is 0 Å². The molecule has 5 heteroatoms. The van der Waals surface area contributed by atoms with Gasteiger partial charge in [-0.2, -0.15) is 0 Å². The van der Waals surface area contributed by atoms with Crippen LogP contribution in [0.1, 0.15) is 27.2 Å². The van der Waals surface area contributed by atoms with Crippen LogP contribution in [0.5, 0.6) is 0 Å². The molecule has 1 aromatic carbocycles. The van der Waals surface area contributed by atoms with Gasteiger partial charge in [-0.3, -0.25) is 9.78 Å². The summed E-state index contributed by atoms with van der Waals surface area (Å²) in [6, 6.07) is 4.77. The third-order valence-corrected chi connectivity index (χ3v) is 3.97. The van der Waals surface area contributed by atoms with Gasteiger partial charge in [-0.25, -0.2) is 4.39 Å². The van der Waals surface area contributed by atoms with Crippen molar-refractivity contribution in [2.45, 2.75) is 13.8 Å². The lowest BCUT2D eigenvalue weighted by molar-refractivity contribution is 0.103. The lowest BCUT2D eigenvalue weighted by Crippen LogP contribution is -2.09. The highest BCUT2D eigenvalue weighted by Gasteiger charge is 2.20. The summed E-state index contributed by atoms with van der Waals surface area (Å²) < 4.78 is 14.4. The number of benzene rings is 1. The molecule has 0 fully saturated rings. The van der Waals surface area contributed by atoms with Crippen LogP contribution >= 0.6 is 27.5 Å². The Kier molecular flexibility index (Phi) is 4.02. The summed E-state index contributed by atoms with van der Waals surface area (Å²) in [7, 11) is 0. The second-order valence-corrected chi connectivity index (χ2v) is 5.46. The van der Waals surface area contributed by atoms with Gasteiger partial charge in [0.05, 0.1) is 10.6 Å². The number of aryl methyl sites for hydroxylation is 2. The Bertz CT molecular complexity index is 673. The average Bonchev–Trinajstić information content (AvgIpc) is 2.35. The monoisotopic (exact) mass is 341 g/mol. The van der Waals surface area contributed by atoms with Gasteiger partial charge in [0.25, 0.3) is 0 Å². The molecule has 0 saturated carbocycles. The van der Waals surface area contributed by atoms with Crippen molar-refractivity contribution in [2.24, 2.45) is 0 Å². The Labute approximate surface area is 123 Å². The van der Waals surface area contributed by atoms with Gasteiger partial charge < -0.3 is 0 Å². The number of aromatic nitrogens is 1. The molecule has 0 aliphatic carbocycles. The Morgan fingerprint density at radius 1 is 1.37 bits per heavy atom. The fourth-order valence-corrected chi connectivity index (χ4v) is 2.25. The van der Waals surface area contributed by atoms with Crippen molar-refractivity contribution in [1.29, 1.82) is 0 Å². The third-order valence-electron chi connectivity index (χ3n) is 2.71. The number of halogens is 3. The molecular formula is C14H10BrClFNO. The number of carbonyl (C=O) groups is 1. The van der Waals surface area contributed by atoms with Crippen molar-refractivity contribution in [3.05, 3.63) is 62.1 Å². The van der Waals surface area contributed by atoms with E-state index in [0.29, 0.717) is 10.0 Å². The molecule has 0 N–H and O–H groups in total. The fourth-order valence-electron chi connectivity index (χ4n) is 1.78. The first-order valence-electron chi connectivity index (χ1n) is 5.53. The predicted octanol–water partition coefficient (Wildman–Crippen LogP) is 4.48. The highest BCUT2D eigenvalue weighted by atomic mass is 79.9. The first-order valence-corrected chi connectivity index (χ1v) is 6.70. The van der Waals surface area contributed by atoms with Crippen LogP contribution < -0.4 is 0 Å². The summed E-state index contributed by atoms with van der Waals surface area (Å²) in [6.07, 6.45) is 1.58. The molecule has 1 heterocycles. The normalized spacial score (nSPS) is 10.6. The highest BCUT2D eigenvalue weighted by Crippen LogP contribution is 2.28. The largest absolute Gasteiger partial charge is 0.287 e. The molecular weight excluding hydrogens is 333 g/mol. The van der Waals surface area contributed by atoms with Crippen LogP contribution in [0, 0.1) is 19.7 Å². The minimum atomic E-state index is -0.734. The van der Waals surface area contributed by atoms with E-state index in [9.17, 15) is 9.18 Å². The van der Waals surface area contributed by atoms with Crippen LogP contribution in [-0.2, 0) is 0 Å². The Morgan fingerprint density at radius 3 is 2.68 bits per heavy atom. The van der Waals surface area contributed by atoms with Gasteiger partial charge in [0.2, 0.25) is 5.78 Å². The molecule has 0 radical (unpaired) electrons. The summed E-state index contributed by atoms with van der Waals surface area (Å²) >= 11 is 8.90. The number of carbonyl (C=O) groups excluding carboxylic acids is 1. The SMILES string of the molecule is Cc1cnc(C(=O)c2ccc(Br)c(Cl)c2F)c(C)c1. The molecule has 2 rings (SSSR count). The minimum absolute atomic E-state index is 0.0762. The molecule has 0 bridgehead atoms. The number of hydrogen-bond acceptors (Lipinski definition) is 2. The average molecular weight is 343 g/mol. The zero-order valence-corrected chi connectivity index (χ0v) is 12.6. The van der Waals surface area contributed by atoms with Gasteiger partial charge in [0, 0.05) is 10.7 Å². The van der Waals surface area contributed by atoms with E-state index < -0.39 is 11.6 Å². The maximum absolute atomic E-state index is 14.0. The Balaban J connectivity index is 2.53. The number of pyridine rings is 1. The topological polar surface area (TPSA) is 30.0 Å². The van der Waals surface area contributed by atoms with E-state index in [1.165, 1.54) is 6.07 Å². The Hall–Kier alpha value is -1.26. The van der Waals surface area contributed by atoms with Gasteiger partial charge in [0.15, 0.2) is 5.82 Å². The molecule has 1 aromatic heterocycles. The minimum Gasteiger partial charge on any atom is -0.287 e. The van der Waals surface area contributed by atoms with E-state index in [-0.39, 0.29) is 16.3 Å². The molecule has 0 atom stereocenters. The molecule has 2 nitrogen and oxygen atoms in total. The third kappa shape index (κ3) is 2.69.